The van der Waals surface area contributed by atoms with Crippen molar-refractivity contribution in [3.05, 3.63) is 70.5 Å². The van der Waals surface area contributed by atoms with E-state index in [4.69, 9.17) is 4.74 Å². The van der Waals surface area contributed by atoms with Crippen LogP contribution in [0.5, 0.6) is 5.75 Å². The number of aryl methyl sites for hydroxylation is 2. The molecule has 0 amide bonds. The lowest BCUT2D eigenvalue weighted by atomic mass is 9.59. The average molecular weight is 389 g/mol. The Morgan fingerprint density at radius 3 is 2.10 bits per heavy atom. The maximum absolute atomic E-state index is 13.4. The monoisotopic (exact) mass is 388 g/mol. The predicted molar refractivity (Wildman–Crippen MR) is 114 cm³/mol. The first-order chi connectivity index (χ1) is 14.0. The molecule has 3 saturated carbocycles. The summed E-state index contributed by atoms with van der Waals surface area (Å²) >= 11 is 0. The van der Waals surface area contributed by atoms with Crippen LogP contribution in [0, 0.1) is 37.5 Å². The maximum atomic E-state index is 13.4. The van der Waals surface area contributed by atoms with Crippen LogP contribution < -0.4 is 4.74 Å². The number of ether oxygens (including phenoxy) is 1. The summed E-state index contributed by atoms with van der Waals surface area (Å²) in [5, 5.41) is 11.1. The number of fused-ring (bicyclic) bond motifs is 2. The second-order valence-corrected chi connectivity index (χ2v) is 9.06. The first kappa shape index (κ1) is 18.5. The molecule has 2 bridgehead atoms. The number of hydrogen-bond donors (Lipinski definition) is 1. The number of carbonyl (C=O) groups is 1. The number of aliphatic hydroxyl groups excluding tert-OH is 1. The highest BCUT2D eigenvalue weighted by Crippen LogP contribution is 2.57. The molecule has 1 N–H and O–H groups in total. The van der Waals surface area contributed by atoms with Crippen LogP contribution in [0.2, 0.25) is 0 Å². The summed E-state index contributed by atoms with van der Waals surface area (Å²) in [6.45, 7) is 4.54. The van der Waals surface area contributed by atoms with Crippen molar-refractivity contribution in [3.8, 4) is 5.75 Å². The summed E-state index contributed by atoms with van der Waals surface area (Å²) in [5.74, 6) is 2.31. The highest BCUT2D eigenvalue weighted by Gasteiger charge is 2.54. The maximum Gasteiger partial charge on any atom is 0.170 e. The summed E-state index contributed by atoms with van der Waals surface area (Å²) in [7, 11) is 0. The lowest BCUT2D eigenvalue weighted by Crippen LogP contribution is -2.41. The molecule has 0 saturated heterocycles. The first-order valence-corrected chi connectivity index (χ1v) is 10.8. The molecule has 3 fully saturated rings. The molecule has 2 unspecified atom stereocenters. The Hall–Kier alpha value is -2.55. The quantitative estimate of drug-likeness (QED) is 0.721. The second kappa shape index (κ2) is 7.05. The number of rotatable bonds is 4. The normalized spacial score (nSPS) is 28.0. The molecule has 3 nitrogen and oxygen atoms in total. The summed E-state index contributed by atoms with van der Waals surface area (Å²) in [6, 6.07) is 14.1. The molecule has 6 rings (SSSR count). The van der Waals surface area contributed by atoms with Crippen LogP contribution in [0.3, 0.4) is 0 Å². The lowest BCUT2D eigenvalue weighted by Gasteiger charge is -2.44. The van der Waals surface area contributed by atoms with E-state index in [0.717, 1.165) is 53.7 Å². The predicted octanol–water partition coefficient (Wildman–Crippen LogP) is 5.79. The molecule has 29 heavy (non-hydrogen) atoms. The van der Waals surface area contributed by atoms with Crippen molar-refractivity contribution in [1.82, 2.24) is 0 Å². The van der Waals surface area contributed by atoms with Crippen molar-refractivity contribution >= 4 is 11.4 Å². The molecule has 4 aliphatic rings. The third kappa shape index (κ3) is 2.99. The molecule has 0 aromatic heterocycles. The zero-order valence-corrected chi connectivity index (χ0v) is 17.2. The van der Waals surface area contributed by atoms with E-state index in [9.17, 15) is 9.90 Å². The van der Waals surface area contributed by atoms with Crippen LogP contribution in [0.1, 0.15) is 47.9 Å². The number of ketones is 1. The number of hydrogen-bond acceptors (Lipinski definition) is 3. The van der Waals surface area contributed by atoms with Gasteiger partial charge >= 0.3 is 0 Å². The molecule has 0 spiro atoms. The van der Waals surface area contributed by atoms with E-state index in [2.05, 4.69) is 0 Å². The van der Waals surface area contributed by atoms with E-state index in [1.165, 1.54) is 0 Å². The molecule has 0 aliphatic heterocycles. The molecule has 2 aromatic rings. The minimum absolute atomic E-state index is 0.00491. The van der Waals surface area contributed by atoms with Gasteiger partial charge in [0.15, 0.2) is 5.78 Å². The van der Waals surface area contributed by atoms with Gasteiger partial charge in [-0.3, -0.25) is 4.79 Å². The van der Waals surface area contributed by atoms with Crippen molar-refractivity contribution in [3.63, 3.8) is 0 Å². The Labute approximate surface area is 172 Å². The molecular formula is C26H28O3. The first-order valence-electron chi connectivity index (χ1n) is 10.8. The Morgan fingerprint density at radius 1 is 0.931 bits per heavy atom. The molecule has 0 radical (unpaired) electrons. The zero-order valence-electron chi connectivity index (χ0n) is 17.2. The van der Waals surface area contributed by atoms with E-state index >= 15 is 0 Å². The number of benzene rings is 2. The number of carbonyl (C=O) groups excluding carboxylic acids is 1. The van der Waals surface area contributed by atoms with Crippen molar-refractivity contribution in [2.24, 2.45) is 23.7 Å². The average Bonchev–Trinajstić information content (AvgIpc) is 3.01. The van der Waals surface area contributed by atoms with Crippen molar-refractivity contribution in [1.29, 1.82) is 0 Å². The van der Waals surface area contributed by atoms with Crippen molar-refractivity contribution < 1.29 is 14.6 Å². The van der Waals surface area contributed by atoms with Gasteiger partial charge < -0.3 is 9.84 Å². The highest BCUT2D eigenvalue weighted by molar-refractivity contribution is 6.25. The van der Waals surface area contributed by atoms with E-state index < -0.39 is 0 Å². The Balaban J connectivity index is 1.46. The number of allylic oxidation sites excluding steroid dienone is 2. The Bertz CT molecular complexity index is 957. The van der Waals surface area contributed by atoms with Gasteiger partial charge in [-0.1, -0.05) is 30.3 Å². The molecule has 0 heterocycles. The van der Waals surface area contributed by atoms with Crippen LogP contribution in [0.4, 0.5) is 0 Å². The smallest absolute Gasteiger partial charge is 0.170 e. The van der Waals surface area contributed by atoms with Crippen LogP contribution >= 0.6 is 0 Å². The lowest BCUT2D eigenvalue weighted by molar-refractivity contribution is -0.123. The van der Waals surface area contributed by atoms with Crippen LogP contribution in [-0.2, 0) is 11.4 Å². The van der Waals surface area contributed by atoms with Crippen molar-refractivity contribution in [2.45, 2.75) is 46.1 Å². The Morgan fingerprint density at radius 2 is 1.52 bits per heavy atom. The SMILES string of the molecule is Cc1cc(OCc2ccccc2)cc(C)c1C1=C(O)C2C3CCC(CC3)C2C1=O. The van der Waals surface area contributed by atoms with E-state index in [0.29, 0.717) is 29.8 Å². The van der Waals surface area contributed by atoms with Gasteiger partial charge in [-0.05, 0) is 85.8 Å². The number of aliphatic hydroxyl groups is 1. The standard InChI is InChI=1S/C26H28O3/c1-15-12-20(29-14-17-6-4-3-5-7-17)13-16(2)21(15)24-25(27)22-18-8-9-19(11-10-18)23(22)26(24)28/h3-7,12-13,18-19,22-23,27H,8-11,14H2,1-2H3. The fraction of sp³-hybridized carbons (Fsp3) is 0.423. The van der Waals surface area contributed by atoms with Gasteiger partial charge in [-0.2, -0.15) is 0 Å². The van der Waals surface area contributed by atoms with E-state index in [1.807, 2.05) is 56.3 Å². The molecule has 4 aliphatic carbocycles. The zero-order chi connectivity index (χ0) is 20.1. The molecule has 150 valence electrons. The molecule has 3 heteroatoms. The summed E-state index contributed by atoms with van der Waals surface area (Å²) < 4.78 is 6.00. The van der Waals surface area contributed by atoms with Crippen molar-refractivity contribution in [2.75, 3.05) is 0 Å². The van der Waals surface area contributed by atoms with Crippen LogP contribution in [0.15, 0.2) is 48.2 Å². The van der Waals surface area contributed by atoms with E-state index in [-0.39, 0.29) is 17.6 Å². The van der Waals surface area contributed by atoms with Gasteiger partial charge in [0.05, 0.1) is 5.57 Å². The van der Waals surface area contributed by atoms with Gasteiger partial charge in [0, 0.05) is 11.8 Å². The molecular weight excluding hydrogens is 360 g/mol. The third-order valence-electron chi connectivity index (χ3n) is 7.34. The highest BCUT2D eigenvalue weighted by atomic mass is 16.5. The largest absolute Gasteiger partial charge is 0.511 e. The van der Waals surface area contributed by atoms with Crippen LogP contribution in [0.25, 0.3) is 5.57 Å². The van der Waals surface area contributed by atoms with Gasteiger partial charge in [0.2, 0.25) is 0 Å². The van der Waals surface area contributed by atoms with Gasteiger partial charge in [-0.25, -0.2) is 0 Å². The minimum atomic E-state index is 0.00491. The van der Waals surface area contributed by atoms with E-state index in [1.54, 1.807) is 0 Å². The summed E-state index contributed by atoms with van der Waals surface area (Å²) in [5.41, 5.74) is 4.61. The van der Waals surface area contributed by atoms with Gasteiger partial charge in [-0.15, -0.1) is 0 Å². The van der Waals surface area contributed by atoms with Crippen LogP contribution in [-0.4, -0.2) is 10.9 Å². The number of Topliss-reactive ketones (excluding diaryl/α,β-unsaturated/α-hetero) is 1. The van der Waals surface area contributed by atoms with Gasteiger partial charge in [0.25, 0.3) is 0 Å². The minimum Gasteiger partial charge on any atom is -0.511 e. The Kier molecular flexibility index (Phi) is 4.49. The molecule has 2 atom stereocenters. The third-order valence-corrected chi connectivity index (χ3v) is 7.34. The summed E-state index contributed by atoms with van der Waals surface area (Å²) in [4.78, 5) is 13.4. The molecule has 2 aromatic carbocycles. The summed E-state index contributed by atoms with van der Waals surface area (Å²) in [6.07, 6.45) is 4.59. The fourth-order valence-corrected chi connectivity index (χ4v) is 6.07. The second-order valence-electron chi connectivity index (χ2n) is 9.06. The topological polar surface area (TPSA) is 46.5 Å². The fourth-order valence-electron chi connectivity index (χ4n) is 6.07. The van der Waals surface area contributed by atoms with Gasteiger partial charge in [0.1, 0.15) is 18.1 Å².